The Morgan fingerprint density at radius 1 is 0.570 bits per heavy atom. The van der Waals surface area contributed by atoms with E-state index in [-0.39, 0.29) is 110 Å². The summed E-state index contributed by atoms with van der Waals surface area (Å²) in [5.74, 6) is -1.86. The van der Waals surface area contributed by atoms with Crippen LogP contribution < -0.4 is 57.2 Å². The molecule has 10 atom stereocenters. The number of nitrogens with one attached hydrogen (secondary N) is 7. The van der Waals surface area contributed by atoms with E-state index in [0.717, 1.165) is 76.2 Å². The number of cyclic esters (lactones) is 2. The van der Waals surface area contributed by atoms with Gasteiger partial charge in [-0.3, -0.25) is 54.5 Å². The van der Waals surface area contributed by atoms with Gasteiger partial charge in [0.2, 0.25) is 0 Å². The highest BCUT2D eigenvalue weighted by Crippen LogP contribution is 2.33. The molecular weight excluding hydrogens is 1190 g/mol. The maximum Gasteiger partial charge on any atom is 0.410 e. The van der Waals surface area contributed by atoms with Crippen LogP contribution in [-0.2, 0) is 45.2 Å². The van der Waals surface area contributed by atoms with E-state index in [2.05, 4.69) is 48.5 Å². The van der Waals surface area contributed by atoms with Crippen molar-refractivity contribution in [3.63, 3.8) is 0 Å². The van der Waals surface area contributed by atoms with E-state index in [1.165, 1.54) is 17.4 Å². The Balaban J connectivity index is 0.000000906. The number of hydrogen-bond donors (Lipinski definition) is 8. The van der Waals surface area contributed by atoms with Crippen LogP contribution in [0.5, 0.6) is 17.2 Å². The minimum atomic E-state index is -0.808. The molecule has 4 aromatic carbocycles. The lowest BCUT2D eigenvalue weighted by Gasteiger charge is -2.33. The van der Waals surface area contributed by atoms with Crippen molar-refractivity contribution in [3.05, 3.63) is 136 Å². The van der Waals surface area contributed by atoms with Crippen molar-refractivity contribution in [3.8, 4) is 17.2 Å². The van der Waals surface area contributed by atoms with Crippen LogP contribution in [0, 0.1) is 11.8 Å². The molecular formula is C70H86N10O13. The Kier molecular flexibility index (Phi) is 21.8. The fourth-order valence-electron chi connectivity index (χ4n) is 14.0. The van der Waals surface area contributed by atoms with Crippen molar-refractivity contribution in [1.29, 1.82) is 0 Å². The summed E-state index contributed by atoms with van der Waals surface area (Å²) >= 11 is 0. The average Bonchev–Trinajstić information content (AvgIpc) is 1.53. The van der Waals surface area contributed by atoms with Gasteiger partial charge in [0.25, 0.3) is 29.5 Å². The molecule has 10 unspecified atom stereocenters. The van der Waals surface area contributed by atoms with Crippen LogP contribution in [-0.4, -0.2) is 121 Å². The van der Waals surface area contributed by atoms with Crippen LogP contribution >= 0.6 is 0 Å². The zero-order chi connectivity index (χ0) is 65.0. The number of esters is 2. The zero-order valence-corrected chi connectivity index (χ0v) is 52.8. The molecule has 0 spiro atoms. The van der Waals surface area contributed by atoms with Crippen LogP contribution in [0.4, 0.5) is 4.79 Å². The number of aliphatic imine (C=N–C) groups is 1. The zero-order valence-electron chi connectivity index (χ0n) is 52.8. The number of fused-ring (bicyclic) bond motifs is 14. The molecule has 4 aromatic rings. The molecule has 9 N–H and O–H groups in total. The van der Waals surface area contributed by atoms with E-state index in [9.17, 15) is 38.4 Å². The third-order valence-corrected chi connectivity index (χ3v) is 19.0. The summed E-state index contributed by atoms with van der Waals surface area (Å²) in [4.78, 5) is 115. The van der Waals surface area contributed by atoms with E-state index < -0.39 is 48.4 Å². The third-order valence-electron chi connectivity index (χ3n) is 19.0. The first-order valence-corrected chi connectivity index (χ1v) is 33.1. The normalized spacial score (nSPS) is 27.2. The quantitative estimate of drug-likeness (QED) is 0.0542. The first-order valence-electron chi connectivity index (χ1n) is 33.1. The number of rotatable bonds is 2. The van der Waals surface area contributed by atoms with Gasteiger partial charge >= 0.3 is 18.0 Å². The number of amides is 6. The highest BCUT2D eigenvalue weighted by atomic mass is 16.6. The summed E-state index contributed by atoms with van der Waals surface area (Å²) in [7, 11) is 0. The molecule has 93 heavy (non-hydrogen) atoms. The van der Waals surface area contributed by atoms with Crippen molar-refractivity contribution in [1.82, 2.24) is 42.1 Å². The first kappa shape index (κ1) is 65.8. The Morgan fingerprint density at radius 3 is 1.56 bits per heavy atom. The van der Waals surface area contributed by atoms with E-state index in [1.54, 1.807) is 67.6 Å². The van der Waals surface area contributed by atoms with Crippen molar-refractivity contribution < 1.29 is 62.0 Å². The smallest absolute Gasteiger partial charge is 0.410 e. The molecule has 4 aliphatic carbocycles. The fourth-order valence-corrected chi connectivity index (χ4v) is 14.0. The molecule has 494 valence electrons. The number of hydrogen-bond acceptors (Lipinski definition) is 17. The Bertz CT molecular complexity index is 3490. The fraction of sp³-hybridized carbons (Fsp3) is 0.500. The van der Waals surface area contributed by atoms with Crippen molar-refractivity contribution in [2.75, 3.05) is 13.3 Å². The van der Waals surface area contributed by atoms with E-state index in [1.807, 2.05) is 12.1 Å². The lowest BCUT2D eigenvalue weighted by Crippen LogP contribution is -2.53. The van der Waals surface area contributed by atoms with Crippen LogP contribution in [0.25, 0.3) is 0 Å². The molecule has 0 aromatic heterocycles. The van der Waals surface area contributed by atoms with Gasteiger partial charge in [-0.1, -0.05) is 70.9 Å². The molecule has 1 saturated heterocycles. The van der Waals surface area contributed by atoms with Gasteiger partial charge in [-0.15, -0.1) is 0 Å². The van der Waals surface area contributed by atoms with E-state index >= 15 is 0 Å². The van der Waals surface area contributed by atoms with Gasteiger partial charge in [-0.05, 0) is 153 Å². The summed E-state index contributed by atoms with van der Waals surface area (Å²) in [5.41, 5.74) is 11.0. The SMILES string of the molecule is C=CCOC(=O)N1Cc2cc3cc(c2)C(=O)NC2CCCCC2NC(=O)c2cc(cc(c2)OC(N)C2CCCCC2N=CO3)CNCc2cc3cc(c2)C(=O)NC2CCCCC2NC(=O)c2cc(cc(c2)OCNC2CCCCC2NC3=O)C1.CC1CCC(=O)OC1=O. The lowest BCUT2D eigenvalue weighted by molar-refractivity contribution is -0.166. The predicted octanol–water partition coefficient (Wildman–Crippen LogP) is 7.67. The molecule has 12 bridgehead atoms. The molecule has 23 nitrogen and oxygen atoms in total. The predicted molar refractivity (Wildman–Crippen MR) is 344 cm³/mol. The summed E-state index contributed by atoms with van der Waals surface area (Å²) in [6.45, 7) is 5.85. The lowest BCUT2D eigenvalue weighted by atomic mass is 9.84. The molecule has 0 radical (unpaired) electrons. The minimum Gasteiger partial charge on any atom is -0.478 e. The number of nitrogens with zero attached hydrogens (tertiary/aromatic N) is 2. The van der Waals surface area contributed by atoms with Gasteiger partial charge in [0, 0.05) is 103 Å². The molecule has 5 fully saturated rings. The topological polar surface area (TPSA) is 309 Å². The Hall–Kier alpha value is -8.67. The summed E-state index contributed by atoms with van der Waals surface area (Å²) in [6.07, 6.45) is 14.7. The third kappa shape index (κ3) is 17.3. The number of ether oxygens (including phenoxy) is 5. The number of carbonyl (C=O) groups is 8. The second kappa shape index (κ2) is 30.8. The highest BCUT2D eigenvalue weighted by Gasteiger charge is 2.35. The summed E-state index contributed by atoms with van der Waals surface area (Å²) < 4.78 is 29.5. The van der Waals surface area contributed by atoms with Gasteiger partial charge in [0.05, 0.1) is 12.0 Å². The molecule has 12 rings (SSSR count). The van der Waals surface area contributed by atoms with Crippen molar-refractivity contribution >= 4 is 54.0 Å². The van der Waals surface area contributed by atoms with Crippen molar-refractivity contribution in [2.45, 2.75) is 197 Å². The van der Waals surface area contributed by atoms with Crippen LogP contribution in [0.3, 0.4) is 0 Å². The van der Waals surface area contributed by atoms with Crippen LogP contribution in [0.2, 0.25) is 0 Å². The van der Waals surface area contributed by atoms with Gasteiger partial charge in [-0.2, -0.15) is 0 Å². The van der Waals surface area contributed by atoms with E-state index in [0.29, 0.717) is 95.6 Å². The molecule has 23 heteroatoms. The van der Waals surface area contributed by atoms with Crippen LogP contribution in [0.1, 0.15) is 197 Å². The standard InChI is InChI=1S/C64H78N10O10.C6H8O3/c1-2-19-81-64(80)74-34-40-23-45-29-47(26-40)82-36-67-51-12-4-3-11-50(51)58(65)84-49-25-39(22-44(31-49)61(77)71-56-17-9-10-18-57(56)73-62(45)78)33-66-32-38-20-42-28-43(21-38)60(76)70-54-15-7-8-16-55(54)72-63(79)46-24-41(35-74)27-48(30-46)83-37-68-52-13-5-6-14-53(52)69-59(42)75;1-4-2-3-5(7)9-6(4)8/h2,20-31,36,50-58,66,68H,1,3-19,32-35,37,65H2,(H,69,75)(H,70,76)(H,71,77)(H,72,79)(H,73,78);4H,2-3H2,1H3. The summed E-state index contributed by atoms with van der Waals surface area (Å²) in [5, 5.41) is 23.3. The Morgan fingerprint density at radius 2 is 1.02 bits per heavy atom. The second-order valence-electron chi connectivity index (χ2n) is 25.9. The van der Waals surface area contributed by atoms with Gasteiger partial charge in [0.1, 0.15) is 30.6 Å². The van der Waals surface area contributed by atoms with Gasteiger partial charge in [-0.25, -0.2) is 4.79 Å². The molecule has 6 amide bonds. The number of nitrogens with two attached hydrogens (primary N) is 1. The molecule has 4 saturated carbocycles. The second-order valence-corrected chi connectivity index (χ2v) is 25.9. The molecule has 4 heterocycles. The average molecular weight is 1280 g/mol. The monoisotopic (exact) mass is 1270 g/mol. The maximum atomic E-state index is 14.7. The van der Waals surface area contributed by atoms with Gasteiger partial charge in [0.15, 0.2) is 12.6 Å². The Labute approximate surface area is 541 Å². The van der Waals surface area contributed by atoms with Gasteiger partial charge < -0.3 is 55.6 Å². The number of carbonyl (C=O) groups excluding carboxylic acids is 8. The summed E-state index contributed by atoms with van der Waals surface area (Å²) in [6, 6.07) is 18.4. The first-order chi connectivity index (χ1) is 45.1. The maximum absolute atomic E-state index is 14.7. The van der Waals surface area contributed by atoms with Crippen molar-refractivity contribution in [2.24, 2.45) is 22.6 Å². The molecule has 8 aliphatic rings. The van der Waals surface area contributed by atoms with Crippen LogP contribution in [0.15, 0.2) is 90.4 Å². The molecule has 4 aliphatic heterocycles. The highest BCUT2D eigenvalue weighted by molar-refractivity contribution is 6.01. The minimum absolute atomic E-state index is 0.0402. The van der Waals surface area contributed by atoms with E-state index in [4.69, 9.17) is 29.7 Å². The largest absolute Gasteiger partial charge is 0.478 e. The number of benzene rings is 4.